The Morgan fingerprint density at radius 2 is 2.27 bits per heavy atom. The Balaban J connectivity index is 3.05. The van der Waals surface area contributed by atoms with Crippen molar-refractivity contribution in [2.75, 3.05) is 24.7 Å². The fraction of sp³-hybridized carbons (Fsp3) is 0.400. The van der Waals surface area contributed by atoms with Crippen molar-refractivity contribution in [3.05, 3.63) is 18.5 Å². The molecule has 0 bridgehead atoms. The number of hydrogen-bond acceptors (Lipinski definition) is 5. The third kappa shape index (κ3) is 2.59. The number of anilines is 2. The molecule has 0 saturated heterocycles. The average molecular weight is 208 g/mol. The predicted molar refractivity (Wildman–Crippen MR) is 61.1 cm³/mol. The van der Waals surface area contributed by atoms with Crippen LogP contribution in [-0.2, 0) is 6.42 Å². The Kier molecular flexibility index (Phi) is 3.91. The first-order chi connectivity index (χ1) is 7.22. The first-order valence-corrected chi connectivity index (χ1v) is 4.78. The van der Waals surface area contributed by atoms with E-state index in [2.05, 4.69) is 21.9 Å². The van der Waals surface area contributed by atoms with Gasteiger partial charge in [-0.15, -0.1) is 6.58 Å². The number of aryl methyl sites for hydroxylation is 1. The molecular weight excluding hydrogens is 192 g/mol. The van der Waals surface area contributed by atoms with Crippen LogP contribution in [0.5, 0.6) is 5.88 Å². The minimum Gasteiger partial charge on any atom is -0.479 e. The summed E-state index contributed by atoms with van der Waals surface area (Å²) in [7, 11) is 1.54. The molecule has 1 rings (SSSR count). The van der Waals surface area contributed by atoms with Crippen molar-refractivity contribution in [1.29, 1.82) is 0 Å². The van der Waals surface area contributed by atoms with Gasteiger partial charge in [0.2, 0.25) is 5.88 Å². The van der Waals surface area contributed by atoms with E-state index in [0.717, 1.165) is 6.42 Å². The Hall–Kier alpha value is -1.78. The second-order valence-electron chi connectivity index (χ2n) is 2.93. The first kappa shape index (κ1) is 11.3. The van der Waals surface area contributed by atoms with E-state index in [9.17, 15) is 0 Å². The van der Waals surface area contributed by atoms with Crippen LogP contribution in [-0.4, -0.2) is 23.6 Å². The monoisotopic (exact) mass is 208 g/mol. The Morgan fingerprint density at radius 1 is 1.53 bits per heavy atom. The number of nitrogens with zero attached hydrogens (tertiary/aromatic N) is 2. The van der Waals surface area contributed by atoms with Crippen LogP contribution in [0.25, 0.3) is 0 Å². The van der Waals surface area contributed by atoms with Crippen molar-refractivity contribution in [1.82, 2.24) is 9.97 Å². The molecule has 15 heavy (non-hydrogen) atoms. The first-order valence-electron chi connectivity index (χ1n) is 4.78. The lowest BCUT2D eigenvalue weighted by atomic mass is 10.4. The van der Waals surface area contributed by atoms with E-state index in [1.54, 1.807) is 6.08 Å². The number of methoxy groups -OCH3 is 1. The van der Waals surface area contributed by atoms with Crippen molar-refractivity contribution in [3.8, 4) is 5.88 Å². The summed E-state index contributed by atoms with van der Waals surface area (Å²) in [6.07, 6.45) is 2.47. The van der Waals surface area contributed by atoms with E-state index in [1.807, 2.05) is 6.92 Å². The van der Waals surface area contributed by atoms with Crippen molar-refractivity contribution >= 4 is 11.5 Å². The third-order valence-corrected chi connectivity index (χ3v) is 1.88. The van der Waals surface area contributed by atoms with E-state index in [-0.39, 0.29) is 0 Å². The summed E-state index contributed by atoms with van der Waals surface area (Å²) in [5, 5.41) is 3.04. The molecule has 5 heteroatoms. The quantitative estimate of drug-likeness (QED) is 0.712. The zero-order valence-corrected chi connectivity index (χ0v) is 9.08. The lowest BCUT2D eigenvalue weighted by molar-refractivity contribution is 0.397. The van der Waals surface area contributed by atoms with E-state index in [4.69, 9.17) is 10.5 Å². The van der Waals surface area contributed by atoms with Crippen LogP contribution in [0.15, 0.2) is 12.7 Å². The van der Waals surface area contributed by atoms with Gasteiger partial charge < -0.3 is 15.8 Å². The number of ether oxygens (including phenoxy) is 1. The van der Waals surface area contributed by atoms with E-state index >= 15 is 0 Å². The second-order valence-corrected chi connectivity index (χ2v) is 2.93. The molecule has 0 atom stereocenters. The minimum atomic E-state index is 0.411. The molecule has 5 nitrogen and oxygen atoms in total. The van der Waals surface area contributed by atoms with Crippen LogP contribution in [0.4, 0.5) is 11.5 Å². The Bertz CT molecular complexity index is 352. The zero-order chi connectivity index (χ0) is 11.3. The fourth-order valence-electron chi connectivity index (χ4n) is 1.11. The summed E-state index contributed by atoms with van der Waals surface area (Å²) in [6.45, 7) is 6.19. The summed E-state index contributed by atoms with van der Waals surface area (Å²) < 4.78 is 5.07. The molecule has 0 aliphatic rings. The molecule has 3 N–H and O–H groups in total. The second kappa shape index (κ2) is 5.19. The van der Waals surface area contributed by atoms with Crippen molar-refractivity contribution < 1.29 is 4.74 Å². The lowest BCUT2D eigenvalue weighted by Gasteiger charge is -2.10. The lowest BCUT2D eigenvalue weighted by Crippen LogP contribution is -2.09. The van der Waals surface area contributed by atoms with Gasteiger partial charge in [0.25, 0.3) is 0 Å². The summed E-state index contributed by atoms with van der Waals surface area (Å²) in [5.74, 6) is 1.71. The molecule has 1 aromatic heterocycles. The van der Waals surface area contributed by atoms with Crippen LogP contribution < -0.4 is 15.8 Å². The average Bonchev–Trinajstić information content (AvgIpc) is 2.27. The summed E-state index contributed by atoms with van der Waals surface area (Å²) in [4.78, 5) is 8.42. The molecule has 1 aromatic rings. The predicted octanol–water partition coefficient (Wildman–Crippen LogP) is 1.23. The van der Waals surface area contributed by atoms with Crippen LogP contribution in [0.3, 0.4) is 0 Å². The molecule has 0 fully saturated rings. The number of rotatable bonds is 5. The van der Waals surface area contributed by atoms with Gasteiger partial charge in [-0.3, -0.25) is 0 Å². The maximum Gasteiger partial charge on any atom is 0.242 e. The zero-order valence-electron chi connectivity index (χ0n) is 9.08. The highest BCUT2D eigenvalue weighted by molar-refractivity contribution is 5.67. The smallest absolute Gasteiger partial charge is 0.242 e. The molecule has 0 aliphatic heterocycles. The molecule has 0 amide bonds. The van der Waals surface area contributed by atoms with Crippen molar-refractivity contribution in [2.45, 2.75) is 13.3 Å². The molecule has 1 heterocycles. The van der Waals surface area contributed by atoms with Gasteiger partial charge >= 0.3 is 0 Å². The van der Waals surface area contributed by atoms with Gasteiger partial charge in [0.1, 0.15) is 11.5 Å². The van der Waals surface area contributed by atoms with Crippen molar-refractivity contribution in [2.24, 2.45) is 0 Å². The van der Waals surface area contributed by atoms with Gasteiger partial charge in [0.05, 0.1) is 7.11 Å². The van der Waals surface area contributed by atoms with E-state index in [1.165, 1.54) is 7.11 Å². The van der Waals surface area contributed by atoms with Gasteiger partial charge in [-0.05, 0) is 0 Å². The minimum absolute atomic E-state index is 0.411. The normalized spacial score (nSPS) is 9.73. The van der Waals surface area contributed by atoms with Gasteiger partial charge in [0.15, 0.2) is 5.82 Å². The highest BCUT2D eigenvalue weighted by Crippen LogP contribution is 2.25. The highest BCUT2D eigenvalue weighted by Gasteiger charge is 2.10. The number of nitrogen functional groups attached to an aromatic ring is 1. The van der Waals surface area contributed by atoms with E-state index in [0.29, 0.717) is 29.8 Å². The van der Waals surface area contributed by atoms with Crippen LogP contribution in [0.2, 0.25) is 0 Å². The molecule has 82 valence electrons. The Morgan fingerprint density at radius 3 is 2.80 bits per heavy atom. The molecule has 0 aromatic carbocycles. The van der Waals surface area contributed by atoms with Gasteiger partial charge in [-0.25, -0.2) is 4.98 Å². The number of aromatic nitrogens is 2. The van der Waals surface area contributed by atoms with Crippen LogP contribution in [0, 0.1) is 0 Å². The van der Waals surface area contributed by atoms with Crippen LogP contribution in [0.1, 0.15) is 12.7 Å². The standard InChI is InChI=1S/C10H16N4O/c1-4-6-12-9-8(11)10(15-3)14-7(5-2)13-9/h4H,1,5-6,11H2,2-3H3,(H,12,13,14). The van der Waals surface area contributed by atoms with Gasteiger partial charge in [-0.2, -0.15) is 4.98 Å². The Labute approximate surface area is 89.4 Å². The topological polar surface area (TPSA) is 73.1 Å². The van der Waals surface area contributed by atoms with Crippen LogP contribution >= 0.6 is 0 Å². The number of nitrogens with two attached hydrogens (primary N) is 1. The maximum atomic E-state index is 5.81. The van der Waals surface area contributed by atoms with E-state index < -0.39 is 0 Å². The maximum absolute atomic E-state index is 5.81. The third-order valence-electron chi connectivity index (χ3n) is 1.88. The molecule has 0 unspecified atom stereocenters. The summed E-state index contributed by atoms with van der Waals surface area (Å²) in [6, 6.07) is 0. The van der Waals surface area contributed by atoms with Gasteiger partial charge in [-0.1, -0.05) is 13.0 Å². The summed E-state index contributed by atoms with van der Waals surface area (Å²) in [5.41, 5.74) is 6.24. The number of hydrogen-bond donors (Lipinski definition) is 2. The van der Waals surface area contributed by atoms with Crippen molar-refractivity contribution in [3.63, 3.8) is 0 Å². The van der Waals surface area contributed by atoms with Gasteiger partial charge in [0, 0.05) is 13.0 Å². The molecule has 0 radical (unpaired) electrons. The number of nitrogens with one attached hydrogen (secondary N) is 1. The molecular formula is C10H16N4O. The highest BCUT2D eigenvalue weighted by atomic mass is 16.5. The summed E-state index contributed by atoms with van der Waals surface area (Å²) >= 11 is 0. The molecule has 0 saturated carbocycles. The fourth-order valence-corrected chi connectivity index (χ4v) is 1.11. The molecule has 0 aliphatic carbocycles. The molecule has 0 spiro atoms. The largest absolute Gasteiger partial charge is 0.479 e. The SMILES string of the molecule is C=CCNc1nc(CC)nc(OC)c1N.